The van der Waals surface area contributed by atoms with Gasteiger partial charge in [-0.1, -0.05) is 35.0 Å². The minimum atomic E-state index is -0.572. The fourth-order valence-corrected chi connectivity index (χ4v) is 3.35. The number of hydrogen-bond acceptors (Lipinski definition) is 7. The molecular weight excluding hydrogens is 438 g/mol. The third-order valence-electron chi connectivity index (χ3n) is 4.84. The summed E-state index contributed by atoms with van der Waals surface area (Å²) in [4.78, 5) is 23.2. The standard InChI is InChI=1S/C20H18ClN7O4/c1-12-7-18(28(30)31)24-27(12)11-16-13(2)32-25-19(16)20(29)23-15-8-22-26(10-15)9-14-5-3-4-6-17(14)21/h3-8,10H,9,11H2,1-2H3,(H,23,29). The Labute approximate surface area is 186 Å². The van der Waals surface area contributed by atoms with E-state index < -0.39 is 10.8 Å². The summed E-state index contributed by atoms with van der Waals surface area (Å²) in [5, 5.41) is 26.4. The van der Waals surface area contributed by atoms with Crippen molar-refractivity contribution in [2.75, 3.05) is 5.32 Å². The van der Waals surface area contributed by atoms with Crippen molar-refractivity contribution < 1.29 is 14.2 Å². The molecule has 4 aromatic rings. The Balaban J connectivity index is 1.50. The molecule has 1 amide bonds. The molecule has 0 unspecified atom stereocenters. The van der Waals surface area contributed by atoms with Crippen molar-refractivity contribution in [1.82, 2.24) is 24.7 Å². The summed E-state index contributed by atoms with van der Waals surface area (Å²) in [6.45, 7) is 3.90. The average molecular weight is 456 g/mol. The van der Waals surface area contributed by atoms with E-state index in [0.29, 0.717) is 34.3 Å². The third kappa shape index (κ3) is 4.37. The Kier molecular flexibility index (Phi) is 5.73. The molecule has 0 aliphatic heterocycles. The number of nitrogens with zero attached hydrogens (tertiary/aromatic N) is 6. The average Bonchev–Trinajstić information content (AvgIpc) is 3.44. The molecule has 0 atom stereocenters. The molecule has 1 N–H and O–H groups in total. The van der Waals surface area contributed by atoms with E-state index >= 15 is 0 Å². The first-order chi connectivity index (χ1) is 15.3. The number of nitro groups is 1. The molecule has 4 rings (SSSR count). The second-order valence-electron chi connectivity index (χ2n) is 7.10. The first-order valence-electron chi connectivity index (χ1n) is 9.53. The maximum absolute atomic E-state index is 12.8. The molecule has 0 fully saturated rings. The van der Waals surface area contributed by atoms with Gasteiger partial charge in [0.15, 0.2) is 5.69 Å². The summed E-state index contributed by atoms with van der Waals surface area (Å²) in [5.74, 6) is -0.343. The maximum atomic E-state index is 12.8. The van der Waals surface area contributed by atoms with E-state index in [0.717, 1.165) is 5.56 Å². The first kappa shape index (κ1) is 21.2. The summed E-state index contributed by atoms with van der Waals surface area (Å²) >= 11 is 6.19. The van der Waals surface area contributed by atoms with Crippen LogP contribution >= 0.6 is 11.6 Å². The molecule has 0 saturated carbocycles. The predicted molar refractivity (Wildman–Crippen MR) is 115 cm³/mol. The van der Waals surface area contributed by atoms with Crippen LogP contribution in [0.2, 0.25) is 5.02 Å². The lowest BCUT2D eigenvalue weighted by atomic mass is 10.2. The quantitative estimate of drug-likeness (QED) is 0.332. The molecule has 0 saturated heterocycles. The smallest absolute Gasteiger partial charge is 0.361 e. The number of carbonyl (C=O) groups excluding carboxylic acids is 1. The molecule has 1 aromatic carbocycles. The van der Waals surface area contributed by atoms with Gasteiger partial charge in [-0.2, -0.15) is 9.78 Å². The summed E-state index contributed by atoms with van der Waals surface area (Å²) in [6.07, 6.45) is 3.19. The zero-order valence-electron chi connectivity index (χ0n) is 17.1. The van der Waals surface area contributed by atoms with Crippen LogP contribution in [0.5, 0.6) is 0 Å². The van der Waals surface area contributed by atoms with Gasteiger partial charge in [0, 0.05) is 11.2 Å². The number of hydrogen-bond donors (Lipinski definition) is 1. The van der Waals surface area contributed by atoms with Crippen LogP contribution in [0.25, 0.3) is 0 Å². The molecule has 3 heterocycles. The number of halogens is 1. The van der Waals surface area contributed by atoms with Gasteiger partial charge in [0.25, 0.3) is 5.91 Å². The topological polar surface area (TPSA) is 134 Å². The highest BCUT2D eigenvalue weighted by molar-refractivity contribution is 6.31. The van der Waals surface area contributed by atoms with Crippen molar-refractivity contribution in [3.8, 4) is 0 Å². The summed E-state index contributed by atoms with van der Waals surface area (Å²) in [6, 6.07) is 8.79. The number of carbonyl (C=O) groups is 1. The lowest BCUT2D eigenvalue weighted by molar-refractivity contribution is -0.389. The van der Waals surface area contributed by atoms with E-state index in [-0.39, 0.29) is 18.1 Å². The molecule has 12 heteroatoms. The molecule has 11 nitrogen and oxygen atoms in total. The highest BCUT2D eigenvalue weighted by Gasteiger charge is 2.24. The summed E-state index contributed by atoms with van der Waals surface area (Å²) in [7, 11) is 0. The highest BCUT2D eigenvalue weighted by atomic mass is 35.5. The van der Waals surface area contributed by atoms with Crippen molar-refractivity contribution in [3.05, 3.63) is 86.1 Å². The van der Waals surface area contributed by atoms with Crippen LogP contribution in [-0.4, -0.2) is 35.5 Å². The van der Waals surface area contributed by atoms with Crippen molar-refractivity contribution in [2.24, 2.45) is 0 Å². The van der Waals surface area contributed by atoms with Crippen LogP contribution in [0.15, 0.2) is 47.2 Å². The Morgan fingerprint density at radius 2 is 2.06 bits per heavy atom. The molecule has 164 valence electrons. The van der Waals surface area contributed by atoms with E-state index in [4.69, 9.17) is 16.1 Å². The fraction of sp³-hybridized carbons (Fsp3) is 0.200. The molecule has 3 aromatic heterocycles. The monoisotopic (exact) mass is 455 g/mol. The molecule has 32 heavy (non-hydrogen) atoms. The largest absolute Gasteiger partial charge is 0.390 e. The second-order valence-corrected chi connectivity index (χ2v) is 7.50. The van der Waals surface area contributed by atoms with Crippen LogP contribution in [0.1, 0.15) is 33.1 Å². The SMILES string of the molecule is Cc1onc(C(=O)Nc2cnn(Cc3ccccc3Cl)c2)c1Cn1nc([N+](=O)[O-])cc1C. The van der Waals surface area contributed by atoms with Gasteiger partial charge in [-0.05, 0) is 30.4 Å². The van der Waals surface area contributed by atoms with Gasteiger partial charge in [-0.15, -0.1) is 0 Å². The number of amides is 1. The molecule has 0 aliphatic rings. The Hall–Kier alpha value is -3.99. The normalized spacial score (nSPS) is 11.0. The highest BCUT2D eigenvalue weighted by Crippen LogP contribution is 2.20. The van der Waals surface area contributed by atoms with Gasteiger partial charge in [0.1, 0.15) is 5.76 Å². The Morgan fingerprint density at radius 3 is 2.78 bits per heavy atom. The summed E-state index contributed by atoms with van der Waals surface area (Å²) < 4.78 is 8.27. The van der Waals surface area contributed by atoms with Gasteiger partial charge in [-0.25, -0.2) is 0 Å². The van der Waals surface area contributed by atoms with Crippen molar-refractivity contribution in [1.29, 1.82) is 0 Å². The lowest BCUT2D eigenvalue weighted by Crippen LogP contribution is -2.16. The van der Waals surface area contributed by atoms with Gasteiger partial charge in [0.2, 0.25) is 0 Å². The number of anilines is 1. The van der Waals surface area contributed by atoms with Gasteiger partial charge >= 0.3 is 5.82 Å². The lowest BCUT2D eigenvalue weighted by Gasteiger charge is -2.04. The number of aryl methyl sites for hydroxylation is 2. The van der Waals surface area contributed by atoms with E-state index in [2.05, 4.69) is 20.7 Å². The summed E-state index contributed by atoms with van der Waals surface area (Å²) in [5.41, 5.74) is 2.49. The molecule has 0 spiro atoms. The van der Waals surface area contributed by atoms with Crippen LogP contribution in [0.4, 0.5) is 11.5 Å². The zero-order valence-corrected chi connectivity index (χ0v) is 17.9. The number of aromatic nitrogens is 5. The van der Waals surface area contributed by atoms with Gasteiger partial charge in [0.05, 0.1) is 47.4 Å². The minimum Gasteiger partial charge on any atom is -0.361 e. The molecule has 0 aliphatic carbocycles. The number of rotatable bonds is 7. The van der Waals surface area contributed by atoms with E-state index in [1.807, 2.05) is 18.2 Å². The number of benzene rings is 1. The second kappa shape index (κ2) is 8.63. The number of nitrogens with one attached hydrogen (secondary N) is 1. The van der Waals surface area contributed by atoms with Crippen LogP contribution in [0, 0.1) is 24.0 Å². The van der Waals surface area contributed by atoms with Crippen LogP contribution in [-0.2, 0) is 13.1 Å². The van der Waals surface area contributed by atoms with Gasteiger partial charge in [-0.3, -0.25) is 9.48 Å². The Morgan fingerprint density at radius 1 is 1.28 bits per heavy atom. The van der Waals surface area contributed by atoms with E-state index in [1.165, 1.54) is 16.9 Å². The molecule has 0 radical (unpaired) electrons. The van der Waals surface area contributed by atoms with E-state index in [1.54, 1.807) is 30.8 Å². The molecule has 0 bridgehead atoms. The van der Waals surface area contributed by atoms with Gasteiger partial charge < -0.3 is 20.0 Å². The van der Waals surface area contributed by atoms with Crippen LogP contribution in [0.3, 0.4) is 0 Å². The van der Waals surface area contributed by atoms with Crippen molar-refractivity contribution in [2.45, 2.75) is 26.9 Å². The minimum absolute atomic E-state index is 0.0684. The zero-order chi connectivity index (χ0) is 22.8. The Bertz CT molecular complexity index is 1310. The third-order valence-corrected chi connectivity index (χ3v) is 5.21. The van der Waals surface area contributed by atoms with Crippen LogP contribution < -0.4 is 5.32 Å². The van der Waals surface area contributed by atoms with E-state index in [9.17, 15) is 14.9 Å². The first-order valence-corrected chi connectivity index (χ1v) is 9.91. The van der Waals surface area contributed by atoms with Crippen molar-refractivity contribution in [3.63, 3.8) is 0 Å². The molecular formula is C20H18ClN7O4. The fourth-order valence-electron chi connectivity index (χ4n) is 3.15. The van der Waals surface area contributed by atoms with Crippen molar-refractivity contribution >= 4 is 29.0 Å². The predicted octanol–water partition coefficient (Wildman–Crippen LogP) is 3.59. The maximum Gasteiger partial charge on any atom is 0.390 e.